The SMILES string of the molecule is OCCCSc1cncc2nnnn12. The molecule has 0 aliphatic heterocycles. The fourth-order valence-electron chi connectivity index (χ4n) is 0.994. The second kappa shape index (κ2) is 4.34. The van der Waals surface area contributed by atoms with E-state index in [4.69, 9.17) is 5.11 Å². The Bertz CT molecular complexity index is 417. The van der Waals surface area contributed by atoms with Crippen LogP contribution >= 0.6 is 11.8 Å². The molecule has 0 radical (unpaired) electrons. The topological polar surface area (TPSA) is 76.2 Å². The van der Waals surface area contributed by atoms with Crippen LogP contribution in [0.4, 0.5) is 0 Å². The largest absolute Gasteiger partial charge is 0.396 e. The maximum Gasteiger partial charge on any atom is 0.198 e. The number of tetrazole rings is 1. The molecule has 0 atom stereocenters. The first kappa shape index (κ1) is 9.35. The van der Waals surface area contributed by atoms with Crippen molar-refractivity contribution in [2.75, 3.05) is 12.4 Å². The Hall–Kier alpha value is -1.21. The second-order valence-corrected chi connectivity index (χ2v) is 3.74. The van der Waals surface area contributed by atoms with E-state index in [0.717, 1.165) is 17.2 Å². The van der Waals surface area contributed by atoms with E-state index in [9.17, 15) is 0 Å². The molecule has 1 N–H and O–H groups in total. The molecule has 74 valence electrons. The molecule has 2 aromatic heterocycles. The van der Waals surface area contributed by atoms with E-state index in [2.05, 4.69) is 20.5 Å². The number of aliphatic hydroxyl groups is 1. The molecule has 0 amide bonds. The number of hydrogen-bond acceptors (Lipinski definition) is 6. The fraction of sp³-hybridized carbons (Fsp3) is 0.429. The Morgan fingerprint density at radius 2 is 2.36 bits per heavy atom. The van der Waals surface area contributed by atoms with Crippen LogP contribution in [-0.2, 0) is 0 Å². The lowest BCUT2D eigenvalue weighted by molar-refractivity contribution is 0.296. The van der Waals surface area contributed by atoms with Crippen molar-refractivity contribution in [3.8, 4) is 0 Å². The molecule has 14 heavy (non-hydrogen) atoms. The quantitative estimate of drug-likeness (QED) is 0.566. The van der Waals surface area contributed by atoms with Crippen LogP contribution < -0.4 is 0 Å². The van der Waals surface area contributed by atoms with Crippen LogP contribution in [0.3, 0.4) is 0 Å². The van der Waals surface area contributed by atoms with E-state index in [1.807, 2.05) is 0 Å². The molecule has 0 aliphatic carbocycles. The first-order chi connectivity index (χ1) is 6.92. The van der Waals surface area contributed by atoms with Crippen LogP contribution in [0.25, 0.3) is 5.65 Å². The summed E-state index contributed by atoms with van der Waals surface area (Å²) in [4.78, 5) is 4.02. The average Bonchev–Trinajstić information content (AvgIpc) is 2.67. The number of aliphatic hydroxyl groups excluding tert-OH is 1. The van der Waals surface area contributed by atoms with Crippen molar-refractivity contribution in [3.05, 3.63) is 12.4 Å². The third-order valence-corrected chi connectivity index (χ3v) is 2.70. The third kappa shape index (κ3) is 1.83. The number of fused-ring (bicyclic) bond motifs is 1. The molecule has 0 spiro atoms. The maximum absolute atomic E-state index is 8.64. The van der Waals surface area contributed by atoms with Crippen LogP contribution in [0.5, 0.6) is 0 Å². The van der Waals surface area contributed by atoms with Gasteiger partial charge in [-0.25, -0.2) is 0 Å². The van der Waals surface area contributed by atoms with Crippen LogP contribution in [-0.4, -0.2) is 42.5 Å². The first-order valence-electron chi connectivity index (χ1n) is 4.17. The number of nitrogens with zero attached hydrogens (tertiary/aromatic N) is 5. The van der Waals surface area contributed by atoms with Crippen LogP contribution in [0, 0.1) is 0 Å². The monoisotopic (exact) mass is 211 g/mol. The van der Waals surface area contributed by atoms with Gasteiger partial charge < -0.3 is 5.11 Å². The first-order valence-corrected chi connectivity index (χ1v) is 5.16. The van der Waals surface area contributed by atoms with Gasteiger partial charge in [-0.1, -0.05) is 0 Å². The highest BCUT2D eigenvalue weighted by molar-refractivity contribution is 7.99. The minimum Gasteiger partial charge on any atom is -0.396 e. The van der Waals surface area contributed by atoms with Crippen molar-refractivity contribution in [1.82, 2.24) is 25.0 Å². The molecule has 2 aromatic rings. The zero-order valence-corrected chi connectivity index (χ0v) is 8.18. The lowest BCUT2D eigenvalue weighted by atomic mass is 10.5. The summed E-state index contributed by atoms with van der Waals surface area (Å²) in [6, 6.07) is 0. The number of hydrogen-bond donors (Lipinski definition) is 1. The summed E-state index contributed by atoms with van der Waals surface area (Å²) < 4.78 is 1.63. The summed E-state index contributed by atoms with van der Waals surface area (Å²) in [7, 11) is 0. The third-order valence-electron chi connectivity index (χ3n) is 1.63. The number of aromatic nitrogens is 5. The van der Waals surface area contributed by atoms with Gasteiger partial charge >= 0.3 is 0 Å². The smallest absolute Gasteiger partial charge is 0.198 e. The highest BCUT2D eigenvalue weighted by atomic mass is 32.2. The van der Waals surface area contributed by atoms with Crippen molar-refractivity contribution in [1.29, 1.82) is 0 Å². The Morgan fingerprint density at radius 3 is 3.21 bits per heavy atom. The Morgan fingerprint density at radius 1 is 1.43 bits per heavy atom. The van der Waals surface area contributed by atoms with E-state index < -0.39 is 0 Å². The van der Waals surface area contributed by atoms with Crippen molar-refractivity contribution in [2.45, 2.75) is 11.4 Å². The Labute approximate surface area is 84.3 Å². The van der Waals surface area contributed by atoms with Gasteiger partial charge in [-0.2, -0.15) is 4.52 Å². The maximum atomic E-state index is 8.64. The Kier molecular flexibility index (Phi) is 2.90. The molecule has 0 saturated carbocycles. The summed E-state index contributed by atoms with van der Waals surface area (Å²) in [6.45, 7) is 0.200. The number of rotatable bonds is 4. The van der Waals surface area contributed by atoms with Crippen LogP contribution in [0.15, 0.2) is 17.4 Å². The van der Waals surface area contributed by atoms with E-state index in [-0.39, 0.29) is 6.61 Å². The fourth-order valence-corrected chi connectivity index (χ4v) is 1.86. The lowest BCUT2D eigenvalue weighted by Crippen LogP contribution is -1.95. The summed E-state index contributed by atoms with van der Waals surface area (Å²) in [5.41, 5.74) is 0.638. The van der Waals surface area contributed by atoms with E-state index in [1.54, 1.807) is 28.7 Å². The standard InChI is InChI=1S/C7H9N5OS/c13-2-1-3-14-7-5-8-4-6-9-10-11-12(6)7/h4-5,13H,1-3H2. The molecule has 0 saturated heterocycles. The number of thioether (sulfide) groups is 1. The summed E-state index contributed by atoms with van der Waals surface area (Å²) in [5, 5.41) is 20.7. The van der Waals surface area contributed by atoms with Crippen LogP contribution in [0.1, 0.15) is 6.42 Å². The van der Waals surface area contributed by atoms with Gasteiger partial charge in [-0.05, 0) is 16.8 Å². The van der Waals surface area contributed by atoms with E-state index in [0.29, 0.717) is 5.65 Å². The molecule has 2 rings (SSSR count). The predicted octanol–water partition coefficient (Wildman–Crippen LogP) is -0.00620. The van der Waals surface area contributed by atoms with Crippen molar-refractivity contribution < 1.29 is 5.11 Å². The molecule has 7 heteroatoms. The summed E-state index contributed by atoms with van der Waals surface area (Å²) in [6.07, 6.45) is 4.07. The van der Waals surface area contributed by atoms with Gasteiger partial charge in [0.2, 0.25) is 0 Å². The van der Waals surface area contributed by atoms with E-state index in [1.165, 1.54) is 0 Å². The van der Waals surface area contributed by atoms with Gasteiger partial charge in [-0.15, -0.1) is 16.9 Å². The van der Waals surface area contributed by atoms with Gasteiger partial charge in [0.1, 0.15) is 5.03 Å². The minimum absolute atomic E-state index is 0.200. The molecule has 0 bridgehead atoms. The highest BCUT2D eigenvalue weighted by Gasteiger charge is 2.03. The van der Waals surface area contributed by atoms with E-state index >= 15 is 0 Å². The zero-order chi connectivity index (χ0) is 9.80. The molecule has 0 fully saturated rings. The lowest BCUT2D eigenvalue weighted by Gasteiger charge is -2.00. The average molecular weight is 211 g/mol. The second-order valence-electron chi connectivity index (χ2n) is 2.62. The summed E-state index contributed by atoms with van der Waals surface area (Å²) >= 11 is 1.58. The molecule has 0 aromatic carbocycles. The van der Waals surface area contributed by atoms with Crippen molar-refractivity contribution in [2.24, 2.45) is 0 Å². The molecular formula is C7H9N5OS. The van der Waals surface area contributed by atoms with Crippen molar-refractivity contribution >= 4 is 17.4 Å². The molecule has 0 aliphatic rings. The van der Waals surface area contributed by atoms with Crippen molar-refractivity contribution in [3.63, 3.8) is 0 Å². The van der Waals surface area contributed by atoms with Gasteiger partial charge in [-0.3, -0.25) is 4.98 Å². The molecule has 2 heterocycles. The molecular weight excluding hydrogens is 202 g/mol. The highest BCUT2D eigenvalue weighted by Crippen LogP contribution is 2.16. The predicted molar refractivity (Wildman–Crippen MR) is 51.0 cm³/mol. The normalized spacial score (nSPS) is 10.9. The van der Waals surface area contributed by atoms with Gasteiger partial charge in [0, 0.05) is 12.4 Å². The van der Waals surface area contributed by atoms with Gasteiger partial charge in [0.15, 0.2) is 5.65 Å². The summed E-state index contributed by atoms with van der Waals surface area (Å²) in [5.74, 6) is 0.831. The van der Waals surface area contributed by atoms with Gasteiger partial charge in [0.05, 0.1) is 12.4 Å². The van der Waals surface area contributed by atoms with Crippen LogP contribution in [0.2, 0.25) is 0 Å². The van der Waals surface area contributed by atoms with Gasteiger partial charge in [0.25, 0.3) is 0 Å². The molecule has 0 unspecified atom stereocenters. The Balaban J connectivity index is 2.19. The minimum atomic E-state index is 0.200. The molecule has 6 nitrogen and oxygen atoms in total. The zero-order valence-electron chi connectivity index (χ0n) is 7.37.